The van der Waals surface area contributed by atoms with Gasteiger partial charge in [-0.15, -0.1) is 0 Å². The van der Waals surface area contributed by atoms with Crippen LogP contribution in [0.2, 0.25) is 0 Å². The summed E-state index contributed by atoms with van der Waals surface area (Å²) >= 11 is 0. The molecular weight excluding hydrogens is 220 g/mol. The fourth-order valence-corrected chi connectivity index (χ4v) is 2.51. The SMILES string of the molecule is CCCC(CNC(C)(C)C)N(CCC)CC1CC1. The molecule has 1 saturated carbocycles. The van der Waals surface area contributed by atoms with Gasteiger partial charge in [-0.1, -0.05) is 20.3 Å². The van der Waals surface area contributed by atoms with Gasteiger partial charge in [0.25, 0.3) is 0 Å². The van der Waals surface area contributed by atoms with Crippen LogP contribution < -0.4 is 5.32 Å². The van der Waals surface area contributed by atoms with Crippen molar-refractivity contribution < 1.29 is 0 Å². The van der Waals surface area contributed by atoms with Gasteiger partial charge < -0.3 is 5.32 Å². The minimum atomic E-state index is 0.240. The average Bonchev–Trinajstić information content (AvgIpc) is 3.06. The number of hydrogen-bond acceptors (Lipinski definition) is 2. The Morgan fingerprint density at radius 1 is 1.17 bits per heavy atom. The second kappa shape index (κ2) is 7.49. The summed E-state index contributed by atoms with van der Waals surface area (Å²) in [7, 11) is 0. The van der Waals surface area contributed by atoms with E-state index in [1.165, 1.54) is 45.2 Å². The zero-order chi connectivity index (χ0) is 13.6. The van der Waals surface area contributed by atoms with Crippen LogP contribution in [-0.2, 0) is 0 Å². The third-order valence-electron chi connectivity index (χ3n) is 3.71. The van der Waals surface area contributed by atoms with Crippen LogP contribution in [0, 0.1) is 5.92 Å². The minimum Gasteiger partial charge on any atom is -0.311 e. The maximum atomic E-state index is 3.70. The van der Waals surface area contributed by atoms with Crippen LogP contribution in [0.1, 0.15) is 66.7 Å². The van der Waals surface area contributed by atoms with Crippen LogP contribution in [0.4, 0.5) is 0 Å². The lowest BCUT2D eigenvalue weighted by molar-refractivity contribution is 0.165. The van der Waals surface area contributed by atoms with Gasteiger partial charge in [0, 0.05) is 24.7 Å². The van der Waals surface area contributed by atoms with Crippen molar-refractivity contribution in [2.45, 2.75) is 78.3 Å². The van der Waals surface area contributed by atoms with E-state index in [9.17, 15) is 0 Å². The lowest BCUT2D eigenvalue weighted by Crippen LogP contribution is -2.48. The van der Waals surface area contributed by atoms with Gasteiger partial charge in [-0.25, -0.2) is 0 Å². The minimum absolute atomic E-state index is 0.240. The summed E-state index contributed by atoms with van der Waals surface area (Å²) in [5, 5.41) is 3.70. The molecule has 0 aromatic carbocycles. The van der Waals surface area contributed by atoms with E-state index in [0.717, 1.165) is 18.5 Å². The second-order valence-electron chi connectivity index (χ2n) is 7.01. The van der Waals surface area contributed by atoms with Crippen molar-refractivity contribution in [3.63, 3.8) is 0 Å². The summed E-state index contributed by atoms with van der Waals surface area (Å²) in [5.41, 5.74) is 0.240. The van der Waals surface area contributed by atoms with Gasteiger partial charge in [0.1, 0.15) is 0 Å². The predicted molar refractivity (Wildman–Crippen MR) is 81.0 cm³/mol. The van der Waals surface area contributed by atoms with E-state index in [4.69, 9.17) is 0 Å². The Bertz CT molecular complexity index is 216. The molecule has 2 nitrogen and oxygen atoms in total. The first-order chi connectivity index (χ1) is 8.46. The molecule has 0 aromatic heterocycles. The van der Waals surface area contributed by atoms with Gasteiger partial charge in [0.2, 0.25) is 0 Å². The van der Waals surface area contributed by atoms with Crippen LogP contribution in [0.15, 0.2) is 0 Å². The van der Waals surface area contributed by atoms with Gasteiger partial charge >= 0.3 is 0 Å². The summed E-state index contributed by atoms with van der Waals surface area (Å²) in [4.78, 5) is 2.75. The van der Waals surface area contributed by atoms with Gasteiger partial charge in [0.15, 0.2) is 0 Å². The van der Waals surface area contributed by atoms with E-state index in [1.807, 2.05) is 0 Å². The van der Waals surface area contributed by atoms with Gasteiger partial charge in [-0.05, 0) is 58.9 Å². The first-order valence-corrected chi connectivity index (χ1v) is 7.95. The second-order valence-corrected chi connectivity index (χ2v) is 7.01. The number of nitrogens with one attached hydrogen (secondary N) is 1. The molecule has 0 spiro atoms. The van der Waals surface area contributed by atoms with Crippen molar-refractivity contribution in [3.05, 3.63) is 0 Å². The molecule has 0 bridgehead atoms. The lowest BCUT2D eigenvalue weighted by Gasteiger charge is -2.34. The van der Waals surface area contributed by atoms with Crippen molar-refractivity contribution >= 4 is 0 Å². The van der Waals surface area contributed by atoms with Gasteiger partial charge in [-0.2, -0.15) is 0 Å². The molecule has 1 atom stereocenters. The molecule has 0 saturated heterocycles. The molecule has 2 heteroatoms. The van der Waals surface area contributed by atoms with E-state index in [-0.39, 0.29) is 5.54 Å². The third kappa shape index (κ3) is 6.75. The van der Waals surface area contributed by atoms with Crippen LogP contribution >= 0.6 is 0 Å². The molecule has 0 amide bonds. The molecule has 0 heterocycles. The monoisotopic (exact) mass is 254 g/mol. The third-order valence-corrected chi connectivity index (χ3v) is 3.71. The molecule has 1 rings (SSSR count). The standard InChI is InChI=1S/C16H34N2/c1-6-8-15(12-17-16(3,4)5)18(11-7-2)13-14-9-10-14/h14-15,17H,6-13H2,1-5H3. The molecular formula is C16H34N2. The smallest absolute Gasteiger partial charge is 0.0220 e. The molecule has 1 aliphatic rings. The Morgan fingerprint density at radius 2 is 1.83 bits per heavy atom. The van der Waals surface area contributed by atoms with E-state index in [0.29, 0.717) is 0 Å². The first-order valence-electron chi connectivity index (χ1n) is 7.95. The van der Waals surface area contributed by atoms with Crippen molar-refractivity contribution in [2.75, 3.05) is 19.6 Å². The fourth-order valence-electron chi connectivity index (χ4n) is 2.51. The van der Waals surface area contributed by atoms with E-state index in [1.54, 1.807) is 0 Å². The highest BCUT2D eigenvalue weighted by atomic mass is 15.2. The molecule has 0 aliphatic heterocycles. The molecule has 0 radical (unpaired) electrons. The van der Waals surface area contributed by atoms with Crippen molar-refractivity contribution in [1.82, 2.24) is 10.2 Å². The van der Waals surface area contributed by atoms with Crippen molar-refractivity contribution in [1.29, 1.82) is 0 Å². The van der Waals surface area contributed by atoms with Gasteiger partial charge in [-0.3, -0.25) is 4.90 Å². The van der Waals surface area contributed by atoms with Crippen LogP contribution in [0.5, 0.6) is 0 Å². The lowest BCUT2D eigenvalue weighted by atomic mass is 10.1. The fraction of sp³-hybridized carbons (Fsp3) is 1.00. The molecule has 1 aliphatic carbocycles. The Kier molecular flexibility index (Phi) is 6.65. The molecule has 1 N–H and O–H groups in total. The molecule has 108 valence electrons. The Labute approximate surface area is 115 Å². The highest BCUT2D eigenvalue weighted by Gasteiger charge is 2.27. The largest absolute Gasteiger partial charge is 0.311 e. The number of rotatable bonds is 9. The Hall–Kier alpha value is -0.0800. The zero-order valence-corrected chi connectivity index (χ0v) is 13.3. The normalized spacial score (nSPS) is 18.3. The highest BCUT2D eigenvalue weighted by Crippen LogP contribution is 2.30. The summed E-state index contributed by atoms with van der Waals surface area (Å²) in [5.74, 6) is 1.01. The first kappa shape index (κ1) is 16.0. The highest BCUT2D eigenvalue weighted by molar-refractivity contribution is 4.83. The number of hydrogen-bond donors (Lipinski definition) is 1. The molecule has 0 aromatic rings. The summed E-state index contributed by atoms with van der Waals surface area (Å²) in [6, 6.07) is 0.731. The Morgan fingerprint density at radius 3 is 2.28 bits per heavy atom. The maximum absolute atomic E-state index is 3.70. The van der Waals surface area contributed by atoms with E-state index in [2.05, 4.69) is 44.8 Å². The quantitative estimate of drug-likeness (QED) is 0.675. The topological polar surface area (TPSA) is 15.3 Å². The summed E-state index contributed by atoms with van der Waals surface area (Å²) in [6.07, 6.45) is 6.83. The Balaban J connectivity index is 2.47. The molecule has 1 unspecified atom stereocenters. The molecule has 18 heavy (non-hydrogen) atoms. The molecule has 1 fully saturated rings. The zero-order valence-electron chi connectivity index (χ0n) is 13.3. The number of nitrogens with zero attached hydrogens (tertiary/aromatic N) is 1. The summed E-state index contributed by atoms with van der Waals surface area (Å²) < 4.78 is 0. The van der Waals surface area contributed by atoms with Crippen LogP contribution in [-0.4, -0.2) is 36.1 Å². The van der Waals surface area contributed by atoms with Crippen LogP contribution in [0.25, 0.3) is 0 Å². The van der Waals surface area contributed by atoms with Gasteiger partial charge in [0.05, 0.1) is 0 Å². The van der Waals surface area contributed by atoms with Crippen LogP contribution in [0.3, 0.4) is 0 Å². The van der Waals surface area contributed by atoms with Crippen molar-refractivity contribution in [2.24, 2.45) is 5.92 Å². The average molecular weight is 254 g/mol. The van der Waals surface area contributed by atoms with Crippen molar-refractivity contribution in [3.8, 4) is 0 Å². The predicted octanol–water partition coefficient (Wildman–Crippen LogP) is 3.67. The van der Waals surface area contributed by atoms with E-state index < -0.39 is 0 Å². The van der Waals surface area contributed by atoms with E-state index >= 15 is 0 Å². The maximum Gasteiger partial charge on any atom is 0.0220 e. The summed E-state index contributed by atoms with van der Waals surface area (Å²) in [6.45, 7) is 15.2.